The lowest BCUT2D eigenvalue weighted by Gasteiger charge is -2.18. The van der Waals surface area contributed by atoms with Gasteiger partial charge in [-0.2, -0.15) is 0 Å². The number of ether oxygens (including phenoxy) is 1. The van der Waals surface area contributed by atoms with E-state index in [0.29, 0.717) is 34.8 Å². The SMILES string of the molecule is CC(=O)c1c(C)[nH]c(C(=O)NC2CC(=O)N(c3ccc(Oc4ccccc4)cc3)C2)c1C. The molecule has 3 aromatic rings. The number of nitrogens with zero attached hydrogens (tertiary/aromatic N) is 1. The number of carbonyl (C=O) groups is 3. The standard InChI is InChI=1S/C25H25N3O4/c1-15-23(17(3)29)16(2)26-24(15)25(31)27-18-13-22(30)28(14-18)19-9-11-21(12-10-19)32-20-7-5-4-6-8-20/h4-12,18,26H,13-14H2,1-3H3,(H,27,31). The molecular formula is C25H25N3O4. The van der Waals surface area contributed by atoms with Gasteiger partial charge in [0.15, 0.2) is 5.78 Å². The number of amides is 2. The highest BCUT2D eigenvalue weighted by Gasteiger charge is 2.32. The summed E-state index contributed by atoms with van der Waals surface area (Å²) in [6.07, 6.45) is 0.215. The van der Waals surface area contributed by atoms with Gasteiger partial charge in [0.05, 0.1) is 6.04 Å². The summed E-state index contributed by atoms with van der Waals surface area (Å²) < 4.78 is 5.80. The molecule has 1 saturated heterocycles. The molecule has 32 heavy (non-hydrogen) atoms. The maximum Gasteiger partial charge on any atom is 0.268 e. The summed E-state index contributed by atoms with van der Waals surface area (Å²) in [5.74, 6) is 0.954. The number of benzene rings is 2. The van der Waals surface area contributed by atoms with E-state index in [1.54, 1.807) is 18.7 Å². The van der Waals surface area contributed by atoms with Crippen molar-refractivity contribution < 1.29 is 19.1 Å². The number of aromatic nitrogens is 1. The smallest absolute Gasteiger partial charge is 0.268 e. The van der Waals surface area contributed by atoms with Gasteiger partial charge in [0.2, 0.25) is 5.91 Å². The Balaban J connectivity index is 1.41. The van der Waals surface area contributed by atoms with Crippen molar-refractivity contribution in [1.82, 2.24) is 10.3 Å². The van der Waals surface area contributed by atoms with Crippen LogP contribution in [0.15, 0.2) is 54.6 Å². The molecule has 0 saturated carbocycles. The number of aryl methyl sites for hydroxylation is 1. The number of aromatic amines is 1. The molecule has 1 aromatic heterocycles. The first-order chi connectivity index (χ1) is 15.3. The number of nitrogens with one attached hydrogen (secondary N) is 2. The van der Waals surface area contributed by atoms with Crippen molar-refractivity contribution in [3.8, 4) is 11.5 Å². The van der Waals surface area contributed by atoms with Crippen molar-refractivity contribution in [2.45, 2.75) is 33.2 Å². The summed E-state index contributed by atoms with van der Waals surface area (Å²) in [5.41, 5.74) is 2.95. The van der Waals surface area contributed by atoms with Gasteiger partial charge in [-0.1, -0.05) is 18.2 Å². The fraction of sp³-hybridized carbons (Fsp3) is 0.240. The van der Waals surface area contributed by atoms with Crippen LogP contribution in [-0.4, -0.2) is 35.2 Å². The largest absolute Gasteiger partial charge is 0.457 e. The highest BCUT2D eigenvalue weighted by molar-refractivity contribution is 6.03. The Labute approximate surface area is 186 Å². The third-order valence-electron chi connectivity index (χ3n) is 5.60. The minimum atomic E-state index is -0.320. The summed E-state index contributed by atoms with van der Waals surface area (Å²) >= 11 is 0. The number of ketones is 1. The number of hydrogen-bond donors (Lipinski definition) is 2. The molecule has 1 atom stereocenters. The predicted octanol–water partition coefficient (Wildman–Crippen LogP) is 4.16. The Bertz CT molecular complexity index is 1170. The number of H-pyrrole nitrogens is 1. The van der Waals surface area contributed by atoms with Gasteiger partial charge < -0.3 is 19.9 Å². The molecule has 7 nitrogen and oxygen atoms in total. The monoisotopic (exact) mass is 431 g/mol. The quantitative estimate of drug-likeness (QED) is 0.573. The molecule has 1 fully saturated rings. The summed E-state index contributed by atoms with van der Waals surface area (Å²) in [6.45, 7) is 5.38. The topological polar surface area (TPSA) is 91.5 Å². The van der Waals surface area contributed by atoms with E-state index in [0.717, 1.165) is 11.4 Å². The van der Waals surface area contributed by atoms with Crippen LogP contribution in [0.4, 0.5) is 5.69 Å². The molecule has 1 aliphatic heterocycles. The Morgan fingerprint density at radius 1 is 1.03 bits per heavy atom. The Morgan fingerprint density at radius 2 is 1.69 bits per heavy atom. The van der Waals surface area contributed by atoms with Crippen LogP contribution in [0.3, 0.4) is 0 Å². The van der Waals surface area contributed by atoms with Gasteiger partial charge in [-0.15, -0.1) is 0 Å². The number of Topliss-reactive ketones (excluding diaryl/α,β-unsaturated/α-hetero) is 1. The van der Waals surface area contributed by atoms with Crippen molar-refractivity contribution in [1.29, 1.82) is 0 Å². The van der Waals surface area contributed by atoms with Crippen LogP contribution < -0.4 is 15.0 Å². The van der Waals surface area contributed by atoms with Crippen LogP contribution in [0, 0.1) is 13.8 Å². The molecular weight excluding hydrogens is 406 g/mol. The van der Waals surface area contributed by atoms with E-state index in [1.807, 2.05) is 54.6 Å². The zero-order valence-electron chi connectivity index (χ0n) is 18.3. The maximum atomic E-state index is 12.8. The van der Waals surface area contributed by atoms with Crippen molar-refractivity contribution in [3.63, 3.8) is 0 Å². The van der Waals surface area contributed by atoms with Crippen LogP contribution in [0.5, 0.6) is 11.5 Å². The molecule has 1 aliphatic rings. The van der Waals surface area contributed by atoms with E-state index in [-0.39, 0.29) is 30.1 Å². The summed E-state index contributed by atoms with van der Waals surface area (Å²) in [6, 6.07) is 16.4. The Kier molecular flexibility index (Phi) is 5.81. The average molecular weight is 431 g/mol. The fourth-order valence-corrected chi connectivity index (χ4v) is 4.14. The molecule has 0 bridgehead atoms. The molecule has 0 spiro atoms. The van der Waals surface area contributed by atoms with Gasteiger partial charge in [-0.05, 0) is 62.7 Å². The van der Waals surface area contributed by atoms with Crippen molar-refractivity contribution >= 4 is 23.3 Å². The number of carbonyl (C=O) groups excluding carboxylic acids is 3. The average Bonchev–Trinajstić information content (AvgIpc) is 3.27. The number of anilines is 1. The van der Waals surface area contributed by atoms with E-state index in [9.17, 15) is 14.4 Å². The second-order valence-electron chi connectivity index (χ2n) is 7.97. The summed E-state index contributed by atoms with van der Waals surface area (Å²) in [5, 5.41) is 2.92. The first-order valence-electron chi connectivity index (χ1n) is 10.5. The minimum Gasteiger partial charge on any atom is -0.457 e. The highest BCUT2D eigenvalue weighted by atomic mass is 16.5. The summed E-state index contributed by atoms with van der Waals surface area (Å²) in [4.78, 5) is 41.8. The van der Waals surface area contributed by atoms with Crippen LogP contribution in [-0.2, 0) is 4.79 Å². The van der Waals surface area contributed by atoms with Gasteiger partial charge in [-0.25, -0.2) is 0 Å². The number of rotatable bonds is 6. The molecule has 164 valence electrons. The lowest BCUT2D eigenvalue weighted by Crippen LogP contribution is -2.37. The van der Waals surface area contributed by atoms with E-state index >= 15 is 0 Å². The van der Waals surface area contributed by atoms with Gasteiger partial charge in [0.1, 0.15) is 17.2 Å². The van der Waals surface area contributed by atoms with Crippen LogP contribution >= 0.6 is 0 Å². The first kappa shape index (κ1) is 21.4. The molecule has 0 radical (unpaired) electrons. The lowest BCUT2D eigenvalue weighted by atomic mass is 10.1. The van der Waals surface area contributed by atoms with Gasteiger partial charge in [0.25, 0.3) is 5.91 Å². The molecule has 4 rings (SSSR count). The minimum absolute atomic E-state index is 0.0594. The van der Waals surface area contributed by atoms with Crippen LogP contribution in [0.2, 0.25) is 0 Å². The van der Waals surface area contributed by atoms with E-state index in [2.05, 4.69) is 10.3 Å². The normalized spacial score (nSPS) is 15.7. The maximum absolute atomic E-state index is 12.8. The van der Waals surface area contributed by atoms with Crippen LogP contribution in [0.25, 0.3) is 0 Å². The first-order valence-corrected chi connectivity index (χ1v) is 10.5. The second-order valence-corrected chi connectivity index (χ2v) is 7.97. The molecule has 0 aliphatic carbocycles. The number of hydrogen-bond acceptors (Lipinski definition) is 4. The molecule has 7 heteroatoms. The third kappa shape index (κ3) is 4.27. The van der Waals surface area contributed by atoms with E-state index < -0.39 is 0 Å². The molecule has 1 unspecified atom stereocenters. The van der Waals surface area contributed by atoms with Crippen molar-refractivity contribution in [2.75, 3.05) is 11.4 Å². The van der Waals surface area contributed by atoms with Gasteiger partial charge in [-0.3, -0.25) is 14.4 Å². The molecule has 2 aromatic carbocycles. The Hall–Kier alpha value is -3.87. The van der Waals surface area contributed by atoms with Crippen molar-refractivity contribution in [3.05, 3.63) is 77.1 Å². The van der Waals surface area contributed by atoms with Gasteiger partial charge in [0, 0.05) is 29.9 Å². The zero-order valence-corrected chi connectivity index (χ0v) is 18.3. The third-order valence-corrected chi connectivity index (χ3v) is 5.60. The highest BCUT2D eigenvalue weighted by Crippen LogP contribution is 2.27. The fourth-order valence-electron chi connectivity index (χ4n) is 4.14. The molecule has 2 heterocycles. The van der Waals surface area contributed by atoms with E-state index in [1.165, 1.54) is 6.92 Å². The lowest BCUT2D eigenvalue weighted by molar-refractivity contribution is -0.117. The molecule has 2 N–H and O–H groups in total. The van der Waals surface area contributed by atoms with E-state index in [4.69, 9.17) is 4.74 Å². The van der Waals surface area contributed by atoms with Crippen LogP contribution in [0.1, 0.15) is 45.4 Å². The zero-order chi connectivity index (χ0) is 22.8. The molecule has 2 amide bonds. The predicted molar refractivity (Wildman–Crippen MR) is 121 cm³/mol. The van der Waals surface area contributed by atoms with Crippen molar-refractivity contribution in [2.24, 2.45) is 0 Å². The summed E-state index contributed by atoms with van der Waals surface area (Å²) in [7, 11) is 0. The van der Waals surface area contributed by atoms with Gasteiger partial charge >= 0.3 is 0 Å². The number of para-hydroxylation sites is 1. The Morgan fingerprint density at radius 3 is 2.31 bits per heavy atom. The second kappa shape index (κ2) is 8.70.